The molecule has 0 saturated carbocycles. The lowest BCUT2D eigenvalue weighted by Gasteiger charge is -2.10. The van der Waals surface area contributed by atoms with Crippen molar-refractivity contribution in [3.05, 3.63) is 70.5 Å². The fraction of sp³-hybridized carbons (Fsp3) is 0.174. The van der Waals surface area contributed by atoms with E-state index in [1.165, 1.54) is 0 Å². The molecule has 0 aliphatic heterocycles. The third-order valence-corrected chi connectivity index (χ3v) is 6.04. The Kier molecular flexibility index (Phi) is 4.71. The second-order valence-electron chi connectivity index (χ2n) is 7.26. The van der Waals surface area contributed by atoms with E-state index in [4.69, 9.17) is 9.72 Å². The van der Waals surface area contributed by atoms with Gasteiger partial charge in [0.1, 0.15) is 6.61 Å². The Morgan fingerprint density at radius 2 is 1.81 bits per heavy atom. The number of para-hydroxylation sites is 2. The van der Waals surface area contributed by atoms with Gasteiger partial charge in [0.25, 0.3) is 0 Å². The molecule has 0 N–H and O–H groups in total. The van der Waals surface area contributed by atoms with E-state index in [0.29, 0.717) is 22.3 Å². The number of aromatic nitrogens is 5. The lowest BCUT2D eigenvalue weighted by molar-refractivity contribution is 0.0469. The van der Waals surface area contributed by atoms with Crippen molar-refractivity contribution >= 4 is 39.4 Å². The molecule has 0 aliphatic carbocycles. The van der Waals surface area contributed by atoms with Gasteiger partial charge < -0.3 is 4.74 Å². The smallest absolute Gasteiger partial charge is 0.339 e. The van der Waals surface area contributed by atoms with Gasteiger partial charge in [-0.25, -0.2) is 19.7 Å². The first-order valence-corrected chi connectivity index (χ1v) is 10.7. The molecule has 1 aromatic carbocycles. The van der Waals surface area contributed by atoms with Crippen LogP contribution in [0.1, 0.15) is 27.4 Å². The maximum absolute atomic E-state index is 13.2. The van der Waals surface area contributed by atoms with Crippen LogP contribution in [-0.4, -0.2) is 30.7 Å². The fourth-order valence-electron chi connectivity index (χ4n) is 3.63. The summed E-state index contributed by atoms with van der Waals surface area (Å²) in [4.78, 5) is 28.0. The molecule has 0 saturated heterocycles. The van der Waals surface area contributed by atoms with Crippen molar-refractivity contribution in [2.75, 3.05) is 0 Å². The van der Waals surface area contributed by atoms with Crippen molar-refractivity contribution in [3.8, 4) is 10.6 Å². The quantitative estimate of drug-likeness (QED) is 0.388. The molecule has 0 atom stereocenters. The number of benzene rings is 1. The number of rotatable bonds is 4. The molecule has 7 nitrogen and oxygen atoms in total. The Labute approximate surface area is 182 Å². The summed E-state index contributed by atoms with van der Waals surface area (Å²) in [5.74, 6) is -0.435. The van der Waals surface area contributed by atoms with E-state index in [-0.39, 0.29) is 6.61 Å². The number of esters is 1. The van der Waals surface area contributed by atoms with Gasteiger partial charge in [-0.2, -0.15) is 5.10 Å². The highest BCUT2D eigenvalue weighted by molar-refractivity contribution is 7.13. The van der Waals surface area contributed by atoms with E-state index in [1.807, 2.05) is 62.7 Å². The minimum Gasteiger partial charge on any atom is -0.455 e. The topological polar surface area (TPSA) is 82.8 Å². The Bertz CT molecular complexity index is 1440. The minimum atomic E-state index is -0.435. The second-order valence-corrected chi connectivity index (χ2v) is 8.21. The van der Waals surface area contributed by atoms with Crippen molar-refractivity contribution < 1.29 is 9.53 Å². The standard InChI is InChI=1S/C23H19N5O2S/c1-13-19(25-17-8-5-4-7-16(17)24-13)12-30-23(29)15-11-18(20-9-6-10-31-20)26-22-21(15)14(2)27-28(22)3/h4-11H,12H2,1-3H3. The molecule has 0 aliphatic rings. The lowest BCUT2D eigenvalue weighted by Crippen LogP contribution is -2.09. The van der Waals surface area contributed by atoms with Crippen molar-refractivity contribution in [1.29, 1.82) is 0 Å². The number of nitrogens with zero attached hydrogens (tertiary/aromatic N) is 5. The summed E-state index contributed by atoms with van der Waals surface area (Å²) in [6.07, 6.45) is 0. The van der Waals surface area contributed by atoms with E-state index < -0.39 is 5.97 Å². The Morgan fingerprint density at radius 3 is 2.55 bits per heavy atom. The van der Waals surface area contributed by atoms with Gasteiger partial charge in [0.2, 0.25) is 0 Å². The first kappa shape index (κ1) is 19.3. The van der Waals surface area contributed by atoms with E-state index in [9.17, 15) is 4.79 Å². The van der Waals surface area contributed by atoms with Crippen LogP contribution in [0.5, 0.6) is 0 Å². The molecule has 4 heterocycles. The molecule has 4 aromatic heterocycles. The number of carbonyl (C=O) groups excluding carboxylic acids is 1. The van der Waals surface area contributed by atoms with Crippen LogP contribution in [0, 0.1) is 13.8 Å². The molecule has 0 amide bonds. The SMILES string of the molecule is Cc1nc2ccccc2nc1COC(=O)c1cc(-c2cccs2)nc2c1c(C)nn2C. The average Bonchev–Trinajstić information content (AvgIpc) is 3.40. The van der Waals surface area contributed by atoms with Crippen LogP contribution in [0.4, 0.5) is 0 Å². The maximum Gasteiger partial charge on any atom is 0.339 e. The molecule has 5 rings (SSSR count). The molecule has 0 bridgehead atoms. The molecular weight excluding hydrogens is 410 g/mol. The molecule has 5 aromatic rings. The van der Waals surface area contributed by atoms with E-state index in [0.717, 1.165) is 33.0 Å². The highest BCUT2D eigenvalue weighted by atomic mass is 32.1. The van der Waals surface area contributed by atoms with Gasteiger partial charge in [0.05, 0.1) is 49.6 Å². The maximum atomic E-state index is 13.2. The summed E-state index contributed by atoms with van der Waals surface area (Å²) in [6.45, 7) is 3.78. The molecule has 31 heavy (non-hydrogen) atoms. The summed E-state index contributed by atoms with van der Waals surface area (Å²) in [6, 6.07) is 13.4. The first-order valence-electron chi connectivity index (χ1n) is 9.79. The van der Waals surface area contributed by atoms with Crippen LogP contribution >= 0.6 is 11.3 Å². The van der Waals surface area contributed by atoms with Crippen LogP contribution in [0.2, 0.25) is 0 Å². The van der Waals surface area contributed by atoms with Crippen LogP contribution in [0.25, 0.3) is 32.6 Å². The summed E-state index contributed by atoms with van der Waals surface area (Å²) in [5, 5.41) is 7.13. The normalized spacial score (nSPS) is 11.3. The number of thiophene rings is 1. The zero-order chi connectivity index (χ0) is 21.5. The molecular formula is C23H19N5O2S. The third-order valence-electron chi connectivity index (χ3n) is 5.15. The van der Waals surface area contributed by atoms with Crippen LogP contribution < -0.4 is 0 Å². The van der Waals surface area contributed by atoms with Gasteiger partial charge in [0, 0.05) is 7.05 Å². The molecule has 154 valence electrons. The zero-order valence-electron chi connectivity index (χ0n) is 17.3. The minimum absolute atomic E-state index is 0.0416. The number of carbonyl (C=O) groups is 1. The largest absolute Gasteiger partial charge is 0.455 e. The monoisotopic (exact) mass is 429 g/mol. The number of hydrogen-bond acceptors (Lipinski definition) is 7. The molecule has 0 unspecified atom stereocenters. The average molecular weight is 430 g/mol. The zero-order valence-corrected chi connectivity index (χ0v) is 18.1. The highest BCUT2D eigenvalue weighted by Crippen LogP contribution is 2.29. The molecule has 0 fully saturated rings. The van der Waals surface area contributed by atoms with E-state index >= 15 is 0 Å². The molecule has 0 spiro atoms. The number of ether oxygens (including phenoxy) is 1. The van der Waals surface area contributed by atoms with Gasteiger partial charge in [-0.3, -0.25) is 4.68 Å². The highest BCUT2D eigenvalue weighted by Gasteiger charge is 2.21. The summed E-state index contributed by atoms with van der Waals surface area (Å²) < 4.78 is 7.38. The predicted octanol–water partition coefficient (Wildman–Crippen LogP) is 4.61. The summed E-state index contributed by atoms with van der Waals surface area (Å²) in [7, 11) is 1.82. The number of pyridine rings is 1. The van der Waals surface area contributed by atoms with Gasteiger partial charge in [-0.05, 0) is 43.5 Å². The Balaban J connectivity index is 1.52. The third kappa shape index (κ3) is 3.44. The van der Waals surface area contributed by atoms with E-state index in [2.05, 4.69) is 15.1 Å². The van der Waals surface area contributed by atoms with Crippen molar-refractivity contribution in [1.82, 2.24) is 24.7 Å². The first-order chi connectivity index (χ1) is 15.0. The lowest BCUT2D eigenvalue weighted by atomic mass is 10.1. The van der Waals surface area contributed by atoms with E-state index in [1.54, 1.807) is 22.1 Å². The number of aryl methyl sites for hydroxylation is 3. The second kappa shape index (κ2) is 7.55. The summed E-state index contributed by atoms with van der Waals surface area (Å²) >= 11 is 1.57. The van der Waals surface area contributed by atoms with Crippen molar-refractivity contribution in [2.45, 2.75) is 20.5 Å². The van der Waals surface area contributed by atoms with Gasteiger partial charge in [-0.15, -0.1) is 11.3 Å². The number of fused-ring (bicyclic) bond motifs is 2. The molecule has 8 heteroatoms. The Morgan fingerprint density at radius 1 is 1.03 bits per heavy atom. The summed E-state index contributed by atoms with van der Waals surface area (Å²) in [5.41, 5.74) is 5.52. The van der Waals surface area contributed by atoms with Crippen molar-refractivity contribution in [2.24, 2.45) is 7.05 Å². The predicted molar refractivity (Wildman–Crippen MR) is 120 cm³/mol. The van der Waals surface area contributed by atoms with Gasteiger partial charge in [0.15, 0.2) is 5.65 Å². The van der Waals surface area contributed by atoms with Gasteiger partial charge >= 0.3 is 5.97 Å². The van der Waals surface area contributed by atoms with Crippen molar-refractivity contribution in [3.63, 3.8) is 0 Å². The van der Waals surface area contributed by atoms with Gasteiger partial charge in [-0.1, -0.05) is 18.2 Å². The van der Waals surface area contributed by atoms with Crippen LogP contribution in [0.15, 0.2) is 47.8 Å². The van der Waals surface area contributed by atoms with Crippen LogP contribution in [0.3, 0.4) is 0 Å². The number of hydrogen-bond donors (Lipinski definition) is 0. The molecule has 0 radical (unpaired) electrons. The fourth-order valence-corrected chi connectivity index (χ4v) is 4.32. The van der Waals surface area contributed by atoms with Crippen LogP contribution in [-0.2, 0) is 18.4 Å². The Hall–Kier alpha value is -3.65.